The summed E-state index contributed by atoms with van der Waals surface area (Å²) in [4.78, 5) is 12.1. The predicted octanol–water partition coefficient (Wildman–Crippen LogP) is 3.49. The van der Waals surface area contributed by atoms with E-state index in [1.54, 1.807) is 48.5 Å². The van der Waals surface area contributed by atoms with Gasteiger partial charge in [0.2, 0.25) is 0 Å². The van der Waals surface area contributed by atoms with Gasteiger partial charge in [0, 0.05) is 10.6 Å². The molecule has 0 aromatic heterocycles. The summed E-state index contributed by atoms with van der Waals surface area (Å²) in [6.07, 6.45) is 0. The quantitative estimate of drug-likeness (QED) is 0.936. The molecule has 0 aliphatic heterocycles. The van der Waals surface area contributed by atoms with E-state index in [1.165, 1.54) is 0 Å². The SMILES string of the molecule is N#CCOc1ccccc1NC(=O)c1ccc(Cl)cc1. The molecular formula is C15H11ClN2O2. The Morgan fingerprint density at radius 3 is 2.60 bits per heavy atom. The van der Waals surface area contributed by atoms with Gasteiger partial charge in [-0.1, -0.05) is 23.7 Å². The van der Waals surface area contributed by atoms with Crippen molar-refractivity contribution in [1.29, 1.82) is 5.26 Å². The van der Waals surface area contributed by atoms with E-state index in [-0.39, 0.29) is 12.5 Å². The van der Waals surface area contributed by atoms with E-state index < -0.39 is 0 Å². The van der Waals surface area contributed by atoms with Crippen LogP contribution in [-0.4, -0.2) is 12.5 Å². The number of anilines is 1. The van der Waals surface area contributed by atoms with Gasteiger partial charge in [-0.05, 0) is 36.4 Å². The second-order valence-electron chi connectivity index (χ2n) is 3.90. The molecule has 2 aromatic carbocycles. The van der Waals surface area contributed by atoms with Crippen LogP contribution in [0.15, 0.2) is 48.5 Å². The number of carbonyl (C=O) groups is 1. The van der Waals surface area contributed by atoms with Crippen molar-refractivity contribution < 1.29 is 9.53 Å². The maximum Gasteiger partial charge on any atom is 0.255 e. The summed E-state index contributed by atoms with van der Waals surface area (Å²) >= 11 is 5.78. The maximum absolute atomic E-state index is 12.1. The normalized spacial score (nSPS) is 9.60. The lowest BCUT2D eigenvalue weighted by atomic mass is 10.2. The zero-order valence-electron chi connectivity index (χ0n) is 10.5. The molecular weight excluding hydrogens is 276 g/mol. The van der Waals surface area contributed by atoms with Gasteiger partial charge in [0.1, 0.15) is 11.8 Å². The van der Waals surface area contributed by atoms with Crippen molar-refractivity contribution in [2.75, 3.05) is 11.9 Å². The number of para-hydroxylation sites is 2. The minimum Gasteiger partial charge on any atom is -0.477 e. The maximum atomic E-state index is 12.1. The molecule has 20 heavy (non-hydrogen) atoms. The molecule has 2 aromatic rings. The number of ether oxygens (including phenoxy) is 1. The summed E-state index contributed by atoms with van der Waals surface area (Å²) in [5.41, 5.74) is 1.01. The van der Waals surface area contributed by atoms with Crippen LogP contribution in [0.3, 0.4) is 0 Å². The molecule has 0 unspecified atom stereocenters. The van der Waals surface area contributed by atoms with Gasteiger partial charge in [-0.2, -0.15) is 5.26 Å². The molecule has 0 atom stereocenters. The zero-order chi connectivity index (χ0) is 14.4. The monoisotopic (exact) mass is 286 g/mol. The van der Waals surface area contributed by atoms with E-state index in [1.807, 2.05) is 6.07 Å². The highest BCUT2D eigenvalue weighted by Crippen LogP contribution is 2.24. The van der Waals surface area contributed by atoms with Crippen LogP contribution in [0.2, 0.25) is 5.02 Å². The van der Waals surface area contributed by atoms with Crippen molar-refractivity contribution in [1.82, 2.24) is 0 Å². The van der Waals surface area contributed by atoms with Crippen molar-refractivity contribution in [3.63, 3.8) is 0 Å². The van der Waals surface area contributed by atoms with Gasteiger partial charge in [-0.15, -0.1) is 0 Å². The summed E-state index contributed by atoms with van der Waals surface area (Å²) < 4.78 is 5.25. The molecule has 0 aliphatic carbocycles. The zero-order valence-corrected chi connectivity index (χ0v) is 11.2. The lowest BCUT2D eigenvalue weighted by molar-refractivity contribution is 0.102. The van der Waals surface area contributed by atoms with Crippen molar-refractivity contribution in [2.24, 2.45) is 0 Å². The first kappa shape index (κ1) is 13.9. The first-order valence-electron chi connectivity index (χ1n) is 5.86. The third-order valence-electron chi connectivity index (χ3n) is 2.53. The molecule has 0 saturated heterocycles. The molecule has 0 saturated carbocycles. The molecule has 5 heteroatoms. The molecule has 4 nitrogen and oxygen atoms in total. The first-order valence-corrected chi connectivity index (χ1v) is 6.24. The van der Waals surface area contributed by atoms with Crippen molar-refractivity contribution in [2.45, 2.75) is 0 Å². The Morgan fingerprint density at radius 2 is 1.90 bits per heavy atom. The number of nitrogens with zero attached hydrogens (tertiary/aromatic N) is 1. The van der Waals surface area contributed by atoms with Crippen LogP contribution in [0, 0.1) is 11.3 Å². The highest BCUT2D eigenvalue weighted by molar-refractivity contribution is 6.30. The van der Waals surface area contributed by atoms with Crippen LogP contribution in [0.25, 0.3) is 0 Å². The number of benzene rings is 2. The molecule has 0 fully saturated rings. The summed E-state index contributed by atoms with van der Waals surface area (Å²) in [6, 6.07) is 15.4. The number of rotatable bonds is 4. The second kappa shape index (κ2) is 6.60. The lowest BCUT2D eigenvalue weighted by Crippen LogP contribution is -2.12. The molecule has 0 bridgehead atoms. The molecule has 100 valence electrons. The molecule has 0 aliphatic rings. The summed E-state index contributed by atoms with van der Waals surface area (Å²) in [7, 11) is 0. The largest absolute Gasteiger partial charge is 0.477 e. The Morgan fingerprint density at radius 1 is 1.20 bits per heavy atom. The van der Waals surface area contributed by atoms with Gasteiger partial charge in [0.15, 0.2) is 6.61 Å². The van der Waals surface area contributed by atoms with E-state index in [0.29, 0.717) is 22.0 Å². The number of carbonyl (C=O) groups excluding carboxylic acids is 1. The third kappa shape index (κ3) is 3.50. The smallest absolute Gasteiger partial charge is 0.255 e. The van der Waals surface area contributed by atoms with Crippen LogP contribution >= 0.6 is 11.6 Å². The van der Waals surface area contributed by atoms with Crippen LogP contribution < -0.4 is 10.1 Å². The van der Waals surface area contributed by atoms with Gasteiger partial charge in [-0.3, -0.25) is 4.79 Å². The third-order valence-corrected chi connectivity index (χ3v) is 2.79. The Kier molecular flexibility index (Phi) is 4.59. The highest BCUT2D eigenvalue weighted by Gasteiger charge is 2.09. The average Bonchev–Trinajstić information content (AvgIpc) is 2.47. The van der Waals surface area contributed by atoms with E-state index >= 15 is 0 Å². The number of hydrogen-bond donors (Lipinski definition) is 1. The number of amides is 1. The Labute approximate surface area is 121 Å². The van der Waals surface area contributed by atoms with Crippen LogP contribution in [0.5, 0.6) is 5.75 Å². The summed E-state index contributed by atoms with van der Waals surface area (Å²) in [6.45, 7) is -0.0756. The fourth-order valence-electron chi connectivity index (χ4n) is 1.60. The second-order valence-corrected chi connectivity index (χ2v) is 4.34. The lowest BCUT2D eigenvalue weighted by Gasteiger charge is -2.10. The number of nitriles is 1. The molecule has 0 radical (unpaired) electrons. The Bertz CT molecular complexity index is 648. The van der Waals surface area contributed by atoms with Crippen molar-refractivity contribution in [3.8, 4) is 11.8 Å². The van der Waals surface area contributed by atoms with Gasteiger partial charge in [0.05, 0.1) is 5.69 Å². The van der Waals surface area contributed by atoms with Gasteiger partial charge in [0.25, 0.3) is 5.91 Å². The average molecular weight is 287 g/mol. The first-order chi connectivity index (χ1) is 9.70. The van der Waals surface area contributed by atoms with E-state index in [0.717, 1.165) is 0 Å². The number of hydrogen-bond acceptors (Lipinski definition) is 3. The predicted molar refractivity (Wildman–Crippen MR) is 77.0 cm³/mol. The fourth-order valence-corrected chi connectivity index (χ4v) is 1.73. The van der Waals surface area contributed by atoms with Crippen molar-refractivity contribution in [3.05, 3.63) is 59.1 Å². The highest BCUT2D eigenvalue weighted by atomic mass is 35.5. The molecule has 1 N–H and O–H groups in total. The van der Waals surface area contributed by atoms with E-state index in [9.17, 15) is 4.79 Å². The fraction of sp³-hybridized carbons (Fsp3) is 0.0667. The molecule has 0 heterocycles. The Hall–Kier alpha value is -2.51. The van der Waals surface area contributed by atoms with Gasteiger partial charge in [-0.25, -0.2) is 0 Å². The number of nitrogens with one attached hydrogen (secondary N) is 1. The van der Waals surface area contributed by atoms with Gasteiger partial charge < -0.3 is 10.1 Å². The number of halogens is 1. The minimum atomic E-state index is -0.269. The van der Waals surface area contributed by atoms with Gasteiger partial charge >= 0.3 is 0 Å². The minimum absolute atomic E-state index is 0.0756. The van der Waals surface area contributed by atoms with Crippen LogP contribution in [-0.2, 0) is 0 Å². The van der Waals surface area contributed by atoms with Crippen LogP contribution in [0.1, 0.15) is 10.4 Å². The van der Waals surface area contributed by atoms with Crippen molar-refractivity contribution >= 4 is 23.2 Å². The van der Waals surface area contributed by atoms with E-state index in [4.69, 9.17) is 21.6 Å². The summed E-state index contributed by atoms with van der Waals surface area (Å²) in [5.74, 6) is 0.186. The molecule has 0 spiro atoms. The molecule has 1 amide bonds. The topological polar surface area (TPSA) is 62.1 Å². The standard InChI is InChI=1S/C15H11ClN2O2/c16-12-7-5-11(6-8-12)15(19)18-13-3-1-2-4-14(13)20-10-9-17/h1-8H,10H2,(H,18,19). The van der Waals surface area contributed by atoms with E-state index in [2.05, 4.69) is 5.32 Å². The summed E-state index contributed by atoms with van der Waals surface area (Å²) in [5, 5.41) is 11.8. The van der Waals surface area contributed by atoms with Crippen LogP contribution in [0.4, 0.5) is 5.69 Å². The Balaban J connectivity index is 2.15. The molecule has 2 rings (SSSR count).